The first-order valence-electron chi connectivity index (χ1n) is 4.99. The summed E-state index contributed by atoms with van der Waals surface area (Å²) in [6.07, 6.45) is 0.745. The van der Waals surface area contributed by atoms with Crippen LogP contribution in [-0.4, -0.2) is 5.97 Å². The largest absolute Gasteiger partial charge is 0.447 e. The fourth-order valence-corrected chi connectivity index (χ4v) is 1.87. The van der Waals surface area contributed by atoms with Crippen molar-refractivity contribution in [1.29, 1.82) is 5.26 Å². The molecule has 0 saturated carbocycles. The van der Waals surface area contributed by atoms with E-state index in [0.717, 1.165) is 23.1 Å². The summed E-state index contributed by atoms with van der Waals surface area (Å²) in [5.41, 5.74) is 19.2. The van der Waals surface area contributed by atoms with Crippen LogP contribution in [0, 0.1) is 18.3 Å². The van der Waals surface area contributed by atoms with E-state index in [-0.39, 0.29) is 5.92 Å². The smallest absolute Gasteiger partial charge is 0.271 e. The molecule has 2 rings (SSSR count). The van der Waals surface area contributed by atoms with Crippen molar-refractivity contribution in [3.05, 3.63) is 28.8 Å². The van der Waals surface area contributed by atoms with Crippen LogP contribution in [0.5, 0.6) is 5.75 Å². The molecule has 0 heterocycles. The van der Waals surface area contributed by atoms with Gasteiger partial charge in [0.1, 0.15) is 5.75 Å². The van der Waals surface area contributed by atoms with E-state index in [9.17, 15) is 0 Å². The molecule has 6 N–H and O–H groups in total. The summed E-state index contributed by atoms with van der Waals surface area (Å²) in [4.78, 5) is 0. The monoisotopic (exact) mass is 218 g/mol. The van der Waals surface area contributed by atoms with E-state index in [1.54, 1.807) is 0 Å². The minimum atomic E-state index is -1.67. The summed E-state index contributed by atoms with van der Waals surface area (Å²) in [5, 5.41) is 8.84. The molecule has 0 spiro atoms. The van der Waals surface area contributed by atoms with Gasteiger partial charge in [0, 0.05) is 0 Å². The molecule has 0 saturated heterocycles. The van der Waals surface area contributed by atoms with Crippen molar-refractivity contribution in [3.8, 4) is 11.8 Å². The van der Waals surface area contributed by atoms with Crippen LogP contribution in [0.2, 0.25) is 0 Å². The molecule has 0 fully saturated rings. The van der Waals surface area contributed by atoms with Crippen molar-refractivity contribution in [3.63, 3.8) is 0 Å². The summed E-state index contributed by atoms with van der Waals surface area (Å²) in [7, 11) is 0. The number of fused-ring (bicyclic) bond motifs is 1. The Labute approximate surface area is 93.8 Å². The lowest BCUT2D eigenvalue weighted by Gasteiger charge is -2.28. The highest BCUT2D eigenvalue weighted by Gasteiger charge is 2.28. The molecule has 0 amide bonds. The average Bonchev–Trinajstić information content (AvgIpc) is 2.14. The van der Waals surface area contributed by atoms with Gasteiger partial charge in [0.15, 0.2) is 0 Å². The molecule has 1 aromatic rings. The minimum absolute atomic E-state index is 0.00105. The number of ether oxygens (including phenoxy) is 1. The van der Waals surface area contributed by atoms with Gasteiger partial charge < -0.3 is 4.74 Å². The first-order valence-corrected chi connectivity index (χ1v) is 4.99. The van der Waals surface area contributed by atoms with Crippen molar-refractivity contribution in [1.82, 2.24) is 0 Å². The molecule has 16 heavy (non-hydrogen) atoms. The zero-order chi connectivity index (χ0) is 11.9. The number of hydrogen-bond donors (Lipinski definition) is 3. The number of nitriles is 1. The molecule has 1 aliphatic carbocycles. The number of nitrogens with two attached hydrogens (primary N) is 3. The Kier molecular flexibility index (Phi) is 2.35. The second-order valence-corrected chi connectivity index (χ2v) is 4.16. The van der Waals surface area contributed by atoms with E-state index < -0.39 is 5.97 Å². The highest BCUT2D eigenvalue weighted by molar-refractivity contribution is 5.51. The van der Waals surface area contributed by atoms with Crippen molar-refractivity contribution in [2.45, 2.75) is 25.2 Å². The van der Waals surface area contributed by atoms with Crippen LogP contribution < -0.4 is 21.9 Å². The predicted molar refractivity (Wildman–Crippen MR) is 59.2 cm³/mol. The van der Waals surface area contributed by atoms with Crippen LogP contribution in [0.25, 0.3) is 0 Å². The number of aryl methyl sites for hydroxylation is 1. The molecular weight excluding hydrogens is 204 g/mol. The molecule has 5 nitrogen and oxygen atoms in total. The van der Waals surface area contributed by atoms with Crippen molar-refractivity contribution >= 4 is 0 Å². The summed E-state index contributed by atoms with van der Waals surface area (Å²) in [6, 6.07) is 6.01. The molecule has 0 aromatic heterocycles. The molecule has 1 aromatic carbocycles. The lowest BCUT2D eigenvalue weighted by atomic mass is 9.77. The van der Waals surface area contributed by atoms with E-state index in [0.29, 0.717) is 5.75 Å². The van der Waals surface area contributed by atoms with Gasteiger partial charge >= 0.3 is 0 Å². The average molecular weight is 218 g/mol. The SMILES string of the molecule is Cc1cc2c(cc1OC(N)(N)N)CC2C#N. The third kappa shape index (κ3) is 1.86. The van der Waals surface area contributed by atoms with Crippen molar-refractivity contribution in [2.24, 2.45) is 17.2 Å². The molecule has 84 valence electrons. The first kappa shape index (κ1) is 10.9. The Morgan fingerprint density at radius 1 is 1.44 bits per heavy atom. The molecule has 0 aliphatic heterocycles. The van der Waals surface area contributed by atoms with E-state index in [1.165, 1.54) is 0 Å². The van der Waals surface area contributed by atoms with Gasteiger partial charge in [-0.2, -0.15) is 5.26 Å². The van der Waals surface area contributed by atoms with Gasteiger partial charge in [-0.15, -0.1) is 0 Å². The maximum atomic E-state index is 8.84. The lowest BCUT2D eigenvalue weighted by molar-refractivity contribution is 0.0890. The third-order valence-corrected chi connectivity index (χ3v) is 2.68. The quantitative estimate of drug-likeness (QED) is 0.606. The number of rotatable bonds is 2. The van der Waals surface area contributed by atoms with Gasteiger partial charge in [-0.1, -0.05) is 6.07 Å². The second kappa shape index (κ2) is 3.46. The van der Waals surface area contributed by atoms with Crippen LogP contribution in [0.15, 0.2) is 12.1 Å². The van der Waals surface area contributed by atoms with E-state index >= 15 is 0 Å². The van der Waals surface area contributed by atoms with Crippen LogP contribution in [0.3, 0.4) is 0 Å². The van der Waals surface area contributed by atoms with Gasteiger partial charge in [0.25, 0.3) is 5.97 Å². The van der Waals surface area contributed by atoms with Crippen LogP contribution in [0.1, 0.15) is 22.6 Å². The van der Waals surface area contributed by atoms with Gasteiger partial charge in [-0.05, 0) is 36.1 Å². The van der Waals surface area contributed by atoms with Crippen molar-refractivity contribution in [2.75, 3.05) is 0 Å². The van der Waals surface area contributed by atoms with Gasteiger partial charge in [0.05, 0.1) is 12.0 Å². The molecule has 1 atom stereocenters. The summed E-state index contributed by atoms with van der Waals surface area (Å²) in [6.45, 7) is 1.87. The fraction of sp³-hybridized carbons (Fsp3) is 0.364. The Balaban J connectivity index is 2.31. The van der Waals surface area contributed by atoms with Crippen LogP contribution >= 0.6 is 0 Å². The number of benzene rings is 1. The maximum absolute atomic E-state index is 8.84. The highest BCUT2D eigenvalue weighted by atomic mass is 16.5. The Morgan fingerprint density at radius 2 is 2.12 bits per heavy atom. The zero-order valence-corrected chi connectivity index (χ0v) is 9.03. The summed E-state index contributed by atoms with van der Waals surface area (Å²) < 4.78 is 5.22. The Hall–Kier alpha value is -1.61. The van der Waals surface area contributed by atoms with Crippen LogP contribution in [0.4, 0.5) is 0 Å². The fourth-order valence-electron chi connectivity index (χ4n) is 1.87. The molecule has 5 heteroatoms. The second-order valence-electron chi connectivity index (χ2n) is 4.16. The molecular formula is C11H14N4O. The number of hydrogen-bond acceptors (Lipinski definition) is 5. The van der Waals surface area contributed by atoms with Crippen LogP contribution in [-0.2, 0) is 6.42 Å². The molecule has 1 aliphatic rings. The molecule has 1 unspecified atom stereocenters. The topological polar surface area (TPSA) is 111 Å². The molecule has 0 radical (unpaired) electrons. The Bertz CT molecular complexity index is 470. The Morgan fingerprint density at radius 3 is 2.69 bits per heavy atom. The lowest BCUT2D eigenvalue weighted by Crippen LogP contribution is -2.62. The molecule has 0 bridgehead atoms. The number of nitrogens with zero attached hydrogens (tertiary/aromatic N) is 1. The van der Waals surface area contributed by atoms with Crippen molar-refractivity contribution < 1.29 is 4.74 Å². The third-order valence-electron chi connectivity index (χ3n) is 2.68. The first-order chi connectivity index (χ1) is 7.40. The minimum Gasteiger partial charge on any atom is -0.447 e. The predicted octanol–water partition coefficient (Wildman–Crippen LogP) is 0.0245. The zero-order valence-electron chi connectivity index (χ0n) is 9.03. The standard InChI is InChI=1S/C11H14N4O/c1-6-2-9-7(3-8(9)5-12)4-10(6)16-11(13,14)15/h2,4,8H,3,13-15H2,1H3. The highest BCUT2D eigenvalue weighted by Crippen LogP contribution is 2.38. The van der Waals surface area contributed by atoms with Gasteiger partial charge in [-0.3, -0.25) is 17.2 Å². The summed E-state index contributed by atoms with van der Waals surface area (Å²) >= 11 is 0. The normalized spacial score (nSPS) is 18.3. The van der Waals surface area contributed by atoms with E-state index in [4.69, 9.17) is 27.2 Å². The van der Waals surface area contributed by atoms with E-state index in [2.05, 4.69) is 6.07 Å². The summed E-state index contributed by atoms with van der Waals surface area (Å²) in [5.74, 6) is -1.10. The maximum Gasteiger partial charge on any atom is 0.271 e. The van der Waals surface area contributed by atoms with E-state index in [1.807, 2.05) is 19.1 Å². The van der Waals surface area contributed by atoms with Gasteiger partial charge in [0.2, 0.25) is 0 Å². The van der Waals surface area contributed by atoms with Gasteiger partial charge in [-0.25, -0.2) is 0 Å².